The molecule has 7 nitrogen and oxygen atoms in total. The fourth-order valence-corrected chi connectivity index (χ4v) is 4.70. The van der Waals surface area contributed by atoms with E-state index in [1.165, 1.54) is 15.3 Å². The van der Waals surface area contributed by atoms with Crippen molar-refractivity contribution in [2.45, 2.75) is 72.5 Å². The third-order valence-corrected chi connectivity index (χ3v) is 7.59. The van der Waals surface area contributed by atoms with Gasteiger partial charge in [0, 0.05) is 31.1 Å². The molecule has 0 bridgehead atoms. The molecule has 0 fully saturated rings. The van der Waals surface area contributed by atoms with Gasteiger partial charge in [0.05, 0.1) is 11.9 Å². The third-order valence-electron chi connectivity index (χ3n) is 6.40. The number of amides is 2. The molecule has 0 heterocycles. The molecular weight excluding hydrogens is 481 g/mol. The summed E-state index contributed by atoms with van der Waals surface area (Å²) < 4.78 is 40.6. The Morgan fingerprint density at radius 2 is 1.72 bits per heavy atom. The lowest BCUT2D eigenvalue weighted by molar-refractivity contribution is -0.141. The van der Waals surface area contributed by atoms with Crippen LogP contribution in [-0.2, 0) is 26.2 Å². The summed E-state index contributed by atoms with van der Waals surface area (Å²) in [6.45, 7) is 9.34. The quantitative estimate of drug-likeness (QED) is 0.453. The number of halogens is 1. The number of nitrogens with zero attached hydrogens (tertiary/aromatic N) is 2. The van der Waals surface area contributed by atoms with Gasteiger partial charge in [0.2, 0.25) is 21.8 Å². The van der Waals surface area contributed by atoms with E-state index in [2.05, 4.69) is 5.32 Å². The van der Waals surface area contributed by atoms with Gasteiger partial charge < -0.3 is 10.2 Å². The van der Waals surface area contributed by atoms with Crippen LogP contribution in [0.3, 0.4) is 0 Å². The van der Waals surface area contributed by atoms with E-state index in [0.29, 0.717) is 11.3 Å². The van der Waals surface area contributed by atoms with E-state index in [-0.39, 0.29) is 43.8 Å². The maximum atomic E-state index is 14.4. The van der Waals surface area contributed by atoms with Crippen molar-refractivity contribution in [3.05, 3.63) is 65.0 Å². The number of nitrogens with one attached hydrogen (secondary N) is 1. The van der Waals surface area contributed by atoms with E-state index in [9.17, 15) is 22.4 Å². The summed E-state index contributed by atoms with van der Waals surface area (Å²) in [7, 11) is -3.57. The molecule has 2 aromatic rings. The third kappa shape index (κ3) is 8.05. The number of hydrogen-bond donors (Lipinski definition) is 1. The summed E-state index contributed by atoms with van der Waals surface area (Å²) in [5.74, 6) is -1.12. The first kappa shape index (κ1) is 29.3. The molecule has 0 unspecified atom stereocenters. The van der Waals surface area contributed by atoms with Gasteiger partial charge in [-0.3, -0.25) is 13.9 Å². The highest BCUT2D eigenvalue weighted by molar-refractivity contribution is 7.92. The summed E-state index contributed by atoms with van der Waals surface area (Å²) in [4.78, 5) is 27.4. The zero-order chi connectivity index (χ0) is 27.0. The van der Waals surface area contributed by atoms with Crippen molar-refractivity contribution in [3.8, 4) is 0 Å². The van der Waals surface area contributed by atoms with Gasteiger partial charge in [0.15, 0.2) is 0 Å². The van der Waals surface area contributed by atoms with E-state index in [0.717, 1.165) is 23.8 Å². The monoisotopic (exact) mass is 519 g/mol. The largest absolute Gasteiger partial charge is 0.352 e. The van der Waals surface area contributed by atoms with Crippen LogP contribution < -0.4 is 9.62 Å². The molecule has 198 valence electrons. The number of hydrogen-bond acceptors (Lipinski definition) is 4. The first-order valence-electron chi connectivity index (χ1n) is 12.2. The van der Waals surface area contributed by atoms with Crippen molar-refractivity contribution >= 4 is 27.5 Å². The van der Waals surface area contributed by atoms with Crippen LogP contribution in [0.25, 0.3) is 0 Å². The van der Waals surface area contributed by atoms with Crippen LogP contribution in [0.2, 0.25) is 0 Å². The van der Waals surface area contributed by atoms with E-state index < -0.39 is 21.9 Å². The molecule has 2 aromatic carbocycles. The molecule has 2 amide bonds. The summed E-state index contributed by atoms with van der Waals surface area (Å²) in [5.41, 5.74) is 2.87. The molecule has 0 saturated heterocycles. The minimum Gasteiger partial charge on any atom is -0.352 e. The predicted molar refractivity (Wildman–Crippen MR) is 142 cm³/mol. The smallest absolute Gasteiger partial charge is 0.242 e. The summed E-state index contributed by atoms with van der Waals surface area (Å²) >= 11 is 0. The SMILES string of the molecule is CC[C@@H](C)NC(=O)[C@@H](C)N(Cc1ccccc1F)C(=O)CCCN(c1ccc(C)c(C)c1)S(C)(=O)=O. The molecule has 0 spiro atoms. The van der Waals surface area contributed by atoms with E-state index in [1.54, 1.807) is 31.2 Å². The zero-order valence-corrected chi connectivity index (χ0v) is 22.9. The van der Waals surface area contributed by atoms with Crippen molar-refractivity contribution < 1.29 is 22.4 Å². The molecule has 0 aromatic heterocycles. The van der Waals surface area contributed by atoms with Crippen LogP contribution in [0.1, 0.15) is 56.7 Å². The number of sulfonamides is 1. The highest BCUT2D eigenvalue weighted by Gasteiger charge is 2.28. The van der Waals surface area contributed by atoms with Gasteiger partial charge in [-0.2, -0.15) is 0 Å². The molecule has 0 radical (unpaired) electrons. The Labute approximate surface area is 214 Å². The molecule has 9 heteroatoms. The molecule has 0 aliphatic carbocycles. The number of benzene rings is 2. The van der Waals surface area contributed by atoms with Crippen LogP contribution in [0.4, 0.5) is 10.1 Å². The topological polar surface area (TPSA) is 86.8 Å². The maximum Gasteiger partial charge on any atom is 0.242 e. The van der Waals surface area contributed by atoms with Crippen molar-refractivity contribution in [2.24, 2.45) is 0 Å². The standard InChI is InChI=1S/C27H38FN3O4S/c1-7-21(4)29-27(33)22(5)30(18-23-11-8-9-12-25(23)28)26(32)13-10-16-31(36(6,34)35)24-15-14-19(2)20(3)17-24/h8-9,11-12,14-15,17,21-22H,7,10,13,16,18H2,1-6H3,(H,29,33)/t21-,22-/m1/s1. The van der Waals surface area contributed by atoms with Gasteiger partial charge in [-0.1, -0.05) is 31.2 Å². The van der Waals surface area contributed by atoms with Gasteiger partial charge in [0.25, 0.3) is 0 Å². The van der Waals surface area contributed by atoms with Gasteiger partial charge in [-0.25, -0.2) is 12.8 Å². The molecule has 1 N–H and O–H groups in total. The number of carbonyl (C=O) groups excluding carboxylic acids is 2. The first-order chi connectivity index (χ1) is 16.8. The first-order valence-corrected chi connectivity index (χ1v) is 14.1. The summed E-state index contributed by atoms with van der Waals surface area (Å²) in [6, 6.07) is 10.7. The highest BCUT2D eigenvalue weighted by Crippen LogP contribution is 2.22. The van der Waals surface area contributed by atoms with Crippen molar-refractivity contribution in [1.82, 2.24) is 10.2 Å². The Kier molecular flexibility index (Phi) is 10.5. The van der Waals surface area contributed by atoms with E-state index >= 15 is 0 Å². The van der Waals surface area contributed by atoms with Crippen LogP contribution in [0.5, 0.6) is 0 Å². The van der Waals surface area contributed by atoms with E-state index in [1.807, 2.05) is 39.8 Å². The fourth-order valence-electron chi connectivity index (χ4n) is 3.74. The number of aryl methyl sites for hydroxylation is 2. The Morgan fingerprint density at radius 3 is 2.31 bits per heavy atom. The van der Waals surface area contributed by atoms with Crippen LogP contribution in [-0.4, -0.2) is 50.0 Å². The Morgan fingerprint density at radius 1 is 1.06 bits per heavy atom. The highest BCUT2D eigenvalue weighted by atomic mass is 32.2. The lowest BCUT2D eigenvalue weighted by Gasteiger charge is -2.30. The van der Waals surface area contributed by atoms with Gasteiger partial charge >= 0.3 is 0 Å². The average molecular weight is 520 g/mol. The van der Waals surface area contributed by atoms with Gasteiger partial charge in [-0.05, 0) is 69.9 Å². The second kappa shape index (κ2) is 12.9. The molecule has 36 heavy (non-hydrogen) atoms. The number of carbonyl (C=O) groups is 2. The Hall–Kier alpha value is -2.94. The number of rotatable bonds is 12. The molecule has 0 saturated carbocycles. The zero-order valence-electron chi connectivity index (χ0n) is 22.0. The lowest BCUT2D eigenvalue weighted by Crippen LogP contribution is -2.49. The summed E-state index contributed by atoms with van der Waals surface area (Å²) in [6.07, 6.45) is 2.12. The second-order valence-corrected chi connectivity index (χ2v) is 11.2. The van der Waals surface area contributed by atoms with Crippen molar-refractivity contribution in [1.29, 1.82) is 0 Å². The Balaban J connectivity index is 2.20. The summed E-state index contributed by atoms with van der Waals surface area (Å²) in [5, 5.41) is 2.88. The van der Waals surface area contributed by atoms with Gasteiger partial charge in [-0.15, -0.1) is 0 Å². The van der Waals surface area contributed by atoms with Crippen LogP contribution in [0.15, 0.2) is 42.5 Å². The normalized spacial score (nSPS) is 13.1. The van der Waals surface area contributed by atoms with Crippen molar-refractivity contribution in [3.63, 3.8) is 0 Å². The minimum atomic E-state index is -3.57. The predicted octanol–water partition coefficient (Wildman–Crippen LogP) is 4.32. The molecular formula is C27H38FN3O4S. The lowest BCUT2D eigenvalue weighted by atomic mass is 10.1. The van der Waals surface area contributed by atoms with E-state index in [4.69, 9.17) is 0 Å². The molecule has 0 aliphatic rings. The average Bonchev–Trinajstić information content (AvgIpc) is 2.81. The second-order valence-electron chi connectivity index (χ2n) is 9.31. The molecule has 2 rings (SSSR count). The fraction of sp³-hybridized carbons (Fsp3) is 0.481. The van der Waals surface area contributed by atoms with Crippen LogP contribution in [0, 0.1) is 19.7 Å². The molecule has 2 atom stereocenters. The van der Waals surface area contributed by atoms with Crippen molar-refractivity contribution in [2.75, 3.05) is 17.1 Å². The maximum absolute atomic E-state index is 14.4. The Bertz CT molecular complexity index is 1170. The van der Waals surface area contributed by atoms with Crippen LogP contribution >= 0.6 is 0 Å². The molecule has 0 aliphatic heterocycles. The number of anilines is 1. The minimum absolute atomic E-state index is 0.00622. The van der Waals surface area contributed by atoms with Gasteiger partial charge in [0.1, 0.15) is 11.9 Å².